The molecule has 3 aromatic rings. The number of halogens is 1. The first kappa shape index (κ1) is 15.6. The van der Waals surface area contributed by atoms with Gasteiger partial charge in [-0.1, -0.05) is 37.1 Å². The van der Waals surface area contributed by atoms with Crippen LogP contribution < -0.4 is 11.1 Å². The molecule has 0 saturated carbocycles. The Balaban J connectivity index is 1.89. The maximum Gasteiger partial charge on any atom is 0.226 e. The minimum Gasteiger partial charge on any atom is -0.382 e. The van der Waals surface area contributed by atoms with Crippen molar-refractivity contribution < 1.29 is 0 Å². The van der Waals surface area contributed by atoms with Gasteiger partial charge in [0.1, 0.15) is 5.52 Å². The summed E-state index contributed by atoms with van der Waals surface area (Å²) in [4.78, 5) is 13.1. The van der Waals surface area contributed by atoms with Crippen LogP contribution in [0.25, 0.3) is 11.2 Å². The molecular weight excluding hydrogens is 312 g/mol. The smallest absolute Gasteiger partial charge is 0.226 e. The Morgan fingerprint density at radius 3 is 2.74 bits per heavy atom. The third kappa shape index (κ3) is 3.53. The predicted molar refractivity (Wildman–Crippen MR) is 93.7 cm³/mol. The second kappa shape index (κ2) is 6.83. The molecule has 0 aliphatic rings. The number of fused-ring (bicyclic) bond motifs is 1. The molecule has 23 heavy (non-hydrogen) atoms. The molecule has 3 N–H and O–H groups in total. The van der Waals surface area contributed by atoms with E-state index in [2.05, 4.69) is 27.2 Å². The summed E-state index contributed by atoms with van der Waals surface area (Å²) in [5.41, 5.74) is 8.47. The lowest BCUT2D eigenvalue weighted by Gasteiger charge is -2.07. The zero-order chi connectivity index (χ0) is 16.2. The molecule has 0 unspecified atom stereocenters. The Bertz CT molecular complexity index is 796. The monoisotopic (exact) mass is 330 g/mol. The van der Waals surface area contributed by atoms with Crippen LogP contribution in [0.3, 0.4) is 0 Å². The number of hydrogen-bond donors (Lipinski definition) is 2. The van der Waals surface area contributed by atoms with E-state index in [-0.39, 0.29) is 0 Å². The first-order chi connectivity index (χ1) is 11.2. The van der Waals surface area contributed by atoms with Crippen molar-refractivity contribution in [3.8, 4) is 0 Å². The molecule has 120 valence electrons. The van der Waals surface area contributed by atoms with Gasteiger partial charge in [0.15, 0.2) is 11.5 Å². The fraction of sp³-hybridized carbons (Fsp3) is 0.312. The van der Waals surface area contributed by atoms with Crippen LogP contribution in [0.2, 0.25) is 5.02 Å². The number of unbranched alkanes of at least 4 members (excludes halogenated alkanes) is 1. The molecule has 7 heteroatoms. The Kier molecular flexibility index (Phi) is 4.62. The van der Waals surface area contributed by atoms with Crippen LogP contribution in [-0.2, 0) is 6.54 Å². The Morgan fingerprint density at radius 1 is 1.22 bits per heavy atom. The van der Waals surface area contributed by atoms with Gasteiger partial charge in [-0.05, 0) is 24.1 Å². The number of imidazole rings is 1. The van der Waals surface area contributed by atoms with E-state index in [0.29, 0.717) is 23.8 Å². The fourth-order valence-corrected chi connectivity index (χ4v) is 2.45. The van der Waals surface area contributed by atoms with Crippen molar-refractivity contribution in [2.45, 2.75) is 26.3 Å². The second-order valence-electron chi connectivity index (χ2n) is 5.38. The molecule has 0 saturated heterocycles. The van der Waals surface area contributed by atoms with E-state index in [4.69, 9.17) is 17.3 Å². The van der Waals surface area contributed by atoms with Crippen LogP contribution in [0.4, 0.5) is 11.8 Å². The number of nitrogens with zero attached hydrogens (tertiary/aromatic N) is 4. The van der Waals surface area contributed by atoms with E-state index < -0.39 is 0 Å². The second-order valence-corrected chi connectivity index (χ2v) is 5.82. The van der Waals surface area contributed by atoms with E-state index in [1.54, 1.807) is 6.33 Å². The largest absolute Gasteiger partial charge is 0.382 e. The van der Waals surface area contributed by atoms with Gasteiger partial charge >= 0.3 is 0 Å². The highest BCUT2D eigenvalue weighted by Crippen LogP contribution is 2.20. The first-order valence-electron chi connectivity index (χ1n) is 7.64. The molecule has 2 aromatic heterocycles. The normalized spacial score (nSPS) is 11.0. The number of aromatic nitrogens is 4. The fourth-order valence-electron chi connectivity index (χ4n) is 2.32. The van der Waals surface area contributed by atoms with Crippen molar-refractivity contribution in [3.63, 3.8) is 0 Å². The third-order valence-electron chi connectivity index (χ3n) is 3.57. The van der Waals surface area contributed by atoms with E-state index >= 15 is 0 Å². The van der Waals surface area contributed by atoms with Gasteiger partial charge in [0, 0.05) is 11.6 Å². The number of nitrogens with one attached hydrogen (secondary N) is 1. The van der Waals surface area contributed by atoms with Crippen molar-refractivity contribution in [3.05, 3.63) is 41.2 Å². The van der Waals surface area contributed by atoms with Crippen LogP contribution in [0.5, 0.6) is 0 Å². The number of nitrogens with two attached hydrogens (primary N) is 1. The molecule has 6 nitrogen and oxygen atoms in total. The van der Waals surface area contributed by atoms with Gasteiger partial charge in [-0.25, -0.2) is 4.98 Å². The molecular formula is C16H19ClN6. The molecule has 3 rings (SSSR count). The van der Waals surface area contributed by atoms with Crippen molar-refractivity contribution in [1.82, 2.24) is 19.5 Å². The molecule has 0 aliphatic heterocycles. The summed E-state index contributed by atoms with van der Waals surface area (Å²) in [6.07, 6.45) is 3.91. The summed E-state index contributed by atoms with van der Waals surface area (Å²) >= 11 is 5.93. The number of nitrogen functional groups attached to an aromatic ring is 1. The quantitative estimate of drug-likeness (QED) is 0.677. The average molecular weight is 331 g/mol. The van der Waals surface area contributed by atoms with Gasteiger partial charge in [-0.2, -0.15) is 9.97 Å². The highest BCUT2D eigenvalue weighted by molar-refractivity contribution is 6.30. The van der Waals surface area contributed by atoms with Gasteiger partial charge < -0.3 is 15.6 Å². The van der Waals surface area contributed by atoms with E-state index in [9.17, 15) is 0 Å². The van der Waals surface area contributed by atoms with Gasteiger partial charge in [0.25, 0.3) is 0 Å². The molecule has 0 radical (unpaired) electrons. The number of rotatable bonds is 6. The summed E-state index contributed by atoms with van der Waals surface area (Å²) in [5, 5.41) is 3.93. The minimum absolute atomic E-state index is 0.392. The van der Waals surface area contributed by atoms with Gasteiger partial charge in [0.2, 0.25) is 5.95 Å². The summed E-state index contributed by atoms with van der Waals surface area (Å²) in [7, 11) is 0. The molecule has 0 atom stereocenters. The standard InChI is InChI=1S/C16H19ClN6/c1-2-3-8-19-16-21-14(18)13-15(22-16)23(10-20-13)9-11-4-6-12(17)7-5-11/h4-7,10H,2-3,8-9H2,1H3,(H3,18,19,21,22). The van der Waals surface area contributed by atoms with Crippen LogP contribution >= 0.6 is 11.6 Å². The molecule has 2 heterocycles. The first-order valence-corrected chi connectivity index (χ1v) is 8.02. The maximum atomic E-state index is 6.00. The lowest BCUT2D eigenvalue weighted by atomic mass is 10.2. The van der Waals surface area contributed by atoms with E-state index in [1.807, 2.05) is 28.8 Å². The topological polar surface area (TPSA) is 81.6 Å². The van der Waals surface area contributed by atoms with Gasteiger partial charge in [-0.3, -0.25) is 0 Å². The zero-order valence-electron chi connectivity index (χ0n) is 13.0. The molecule has 0 bridgehead atoms. The Labute approximate surface area is 139 Å². The summed E-state index contributed by atoms with van der Waals surface area (Å²) in [5.74, 6) is 0.935. The number of anilines is 2. The minimum atomic E-state index is 0.392. The molecule has 0 aliphatic carbocycles. The van der Waals surface area contributed by atoms with Crippen molar-refractivity contribution in [2.24, 2.45) is 0 Å². The molecule has 0 spiro atoms. The molecule has 0 amide bonds. The SMILES string of the molecule is CCCCNc1nc(N)c2ncn(Cc3ccc(Cl)cc3)c2n1. The molecule has 0 fully saturated rings. The van der Waals surface area contributed by atoms with Crippen LogP contribution in [0.1, 0.15) is 25.3 Å². The van der Waals surface area contributed by atoms with E-state index in [1.165, 1.54) is 0 Å². The summed E-state index contributed by atoms with van der Waals surface area (Å²) < 4.78 is 1.96. The van der Waals surface area contributed by atoms with Gasteiger partial charge in [0.05, 0.1) is 12.9 Å². The van der Waals surface area contributed by atoms with Crippen LogP contribution in [0.15, 0.2) is 30.6 Å². The van der Waals surface area contributed by atoms with Crippen LogP contribution in [0, 0.1) is 0 Å². The number of benzene rings is 1. The lowest BCUT2D eigenvalue weighted by Crippen LogP contribution is -2.08. The van der Waals surface area contributed by atoms with Crippen molar-refractivity contribution in [1.29, 1.82) is 0 Å². The molecule has 1 aromatic carbocycles. The highest BCUT2D eigenvalue weighted by Gasteiger charge is 2.11. The van der Waals surface area contributed by atoms with Crippen molar-refractivity contribution in [2.75, 3.05) is 17.6 Å². The zero-order valence-corrected chi connectivity index (χ0v) is 13.7. The Hall–Kier alpha value is -2.34. The summed E-state index contributed by atoms with van der Waals surface area (Å²) in [6, 6.07) is 7.71. The number of hydrogen-bond acceptors (Lipinski definition) is 5. The lowest BCUT2D eigenvalue weighted by molar-refractivity contribution is 0.808. The average Bonchev–Trinajstić information content (AvgIpc) is 2.93. The van der Waals surface area contributed by atoms with Crippen molar-refractivity contribution >= 4 is 34.5 Å². The maximum absolute atomic E-state index is 6.00. The third-order valence-corrected chi connectivity index (χ3v) is 3.82. The van der Waals surface area contributed by atoms with E-state index in [0.717, 1.165) is 35.6 Å². The van der Waals surface area contributed by atoms with Gasteiger partial charge in [-0.15, -0.1) is 0 Å². The Morgan fingerprint density at radius 2 is 2.00 bits per heavy atom. The van der Waals surface area contributed by atoms with Crippen LogP contribution in [-0.4, -0.2) is 26.1 Å². The highest BCUT2D eigenvalue weighted by atomic mass is 35.5. The summed E-state index contributed by atoms with van der Waals surface area (Å²) in [6.45, 7) is 3.62. The predicted octanol–water partition coefficient (Wildman–Crippen LogP) is 3.32.